The number of nitrogens with zero attached hydrogens (tertiary/aromatic N) is 2. The third-order valence-corrected chi connectivity index (χ3v) is 14.5. The molecular weight excluding hydrogens is 905 g/mol. The summed E-state index contributed by atoms with van der Waals surface area (Å²) in [5.74, 6) is -2.01. The quantitative estimate of drug-likeness (QED) is 0.0668. The molecule has 0 spiro atoms. The van der Waals surface area contributed by atoms with Crippen LogP contribution in [0.5, 0.6) is 0 Å². The molecule has 18 nitrogen and oxygen atoms in total. The van der Waals surface area contributed by atoms with E-state index in [4.69, 9.17) is 15.0 Å². The molecule has 0 bridgehead atoms. The topological polar surface area (TPSA) is 301 Å². The highest BCUT2D eigenvalue weighted by atomic mass is 32.2. The van der Waals surface area contributed by atoms with Crippen molar-refractivity contribution in [2.45, 2.75) is 97.6 Å². The molecule has 4 aromatic carbocycles. The van der Waals surface area contributed by atoms with Crippen LogP contribution in [0.2, 0.25) is 0 Å². The van der Waals surface area contributed by atoms with Crippen molar-refractivity contribution in [2.75, 3.05) is 18.0 Å². The van der Waals surface area contributed by atoms with Crippen molar-refractivity contribution in [3.63, 3.8) is 0 Å². The van der Waals surface area contributed by atoms with Gasteiger partial charge in [-0.3, -0.25) is 23.0 Å². The third kappa shape index (κ3) is 9.72. The maximum Gasteiger partial charge on any atom is 0.303 e. The molecule has 340 valence electrons. The maximum atomic E-state index is 12.5. The first-order valence-electron chi connectivity index (χ1n) is 19.2. The molecule has 6 rings (SSSR count). The molecule has 63 heavy (non-hydrogen) atoms. The van der Waals surface area contributed by atoms with Crippen molar-refractivity contribution in [1.82, 2.24) is 0 Å². The monoisotopic (exact) mass is 950 g/mol. The Bertz CT molecular complexity index is 3150. The molecule has 2 heterocycles. The second-order valence-corrected chi connectivity index (χ2v) is 21.6. The van der Waals surface area contributed by atoms with Crippen LogP contribution >= 0.6 is 0 Å². The molecule has 5 N–H and O–H groups in total. The first-order chi connectivity index (χ1) is 28.8. The van der Waals surface area contributed by atoms with Gasteiger partial charge in [-0.05, 0) is 99.3 Å². The third-order valence-electron chi connectivity index (χ3n) is 11.0. The van der Waals surface area contributed by atoms with E-state index in [1.807, 2.05) is 56.2 Å². The Balaban J connectivity index is 0.00000179. The highest BCUT2D eigenvalue weighted by molar-refractivity contribution is 7.87. The smallest absolute Gasteiger partial charge is 0.303 e. The van der Waals surface area contributed by atoms with E-state index >= 15 is 0 Å². The Hall–Kier alpha value is -5.07. The van der Waals surface area contributed by atoms with Crippen molar-refractivity contribution in [1.29, 1.82) is 0 Å². The van der Waals surface area contributed by atoms with E-state index in [0.717, 1.165) is 13.0 Å². The van der Waals surface area contributed by atoms with Crippen LogP contribution in [-0.4, -0.2) is 92.3 Å². The Kier molecular flexibility index (Phi) is 13.3. The molecule has 4 aromatic rings. The van der Waals surface area contributed by atoms with Crippen LogP contribution in [0.25, 0.3) is 21.5 Å². The van der Waals surface area contributed by atoms with E-state index in [0.29, 0.717) is 78.4 Å². The zero-order chi connectivity index (χ0) is 47.4. The molecule has 2 aliphatic heterocycles. The minimum absolute atomic E-state index is 0.0195. The van der Waals surface area contributed by atoms with Crippen LogP contribution in [0, 0.1) is 0 Å². The fraction of sp³-hybridized carbons (Fsp3) is 0.341. The molecule has 0 unspecified atom stereocenters. The number of hydrogen-bond acceptors (Lipinski definition) is 12. The number of hydrogen-bond donors (Lipinski definition) is 5. The SMILES string of the molecule is CC(=O)[O-].CCN1/C(=C/C=C/C2=[N+](CCCCCC(=O)O)c3ccc4c(S(=O)(=O)O)cc(S(=O)(=O)O)cc4c3C2(C)C)C(C)(C)c2c1ccc1c(S(=O)(=O)O)cc(S(=O)(=O)O)cc21. The first kappa shape index (κ1) is 49.0. The van der Waals surface area contributed by atoms with Gasteiger partial charge in [0.2, 0.25) is 5.69 Å². The molecule has 22 heteroatoms. The van der Waals surface area contributed by atoms with Crippen LogP contribution in [-0.2, 0) is 60.9 Å². The Labute approximate surface area is 364 Å². The number of anilines is 1. The summed E-state index contributed by atoms with van der Waals surface area (Å²) >= 11 is 0. The van der Waals surface area contributed by atoms with Crippen molar-refractivity contribution < 1.29 is 76.3 Å². The summed E-state index contributed by atoms with van der Waals surface area (Å²) in [6, 6.07) is 9.93. The minimum atomic E-state index is -4.97. The molecular formula is C41H46N2O16S4. The average Bonchev–Trinajstić information content (AvgIpc) is 3.50. The summed E-state index contributed by atoms with van der Waals surface area (Å²) in [6.07, 6.45) is 6.91. The summed E-state index contributed by atoms with van der Waals surface area (Å²) in [7, 11) is -19.8. The number of aliphatic carboxylic acids is 2. The second-order valence-electron chi connectivity index (χ2n) is 16.0. The number of benzene rings is 4. The molecule has 0 atom stereocenters. The maximum absolute atomic E-state index is 12.5. The van der Waals surface area contributed by atoms with Gasteiger partial charge in [0.05, 0.1) is 15.2 Å². The molecule has 2 aliphatic rings. The van der Waals surface area contributed by atoms with E-state index in [9.17, 15) is 56.7 Å². The van der Waals surface area contributed by atoms with E-state index in [1.165, 1.54) is 18.2 Å². The number of allylic oxidation sites excluding steroid dienone is 4. The fourth-order valence-electron chi connectivity index (χ4n) is 8.54. The normalized spacial score (nSPS) is 16.7. The van der Waals surface area contributed by atoms with Gasteiger partial charge in [-0.2, -0.15) is 38.2 Å². The van der Waals surface area contributed by atoms with Crippen LogP contribution in [0.15, 0.2) is 92.0 Å². The number of carbonyl (C=O) groups excluding carboxylic acids is 1. The van der Waals surface area contributed by atoms with E-state index in [1.54, 1.807) is 18.2 Å². The number of rotatable bonds is 13. The Morgan fingerprint density at radius 3 is 1.65 bits per heavy atom. The number of fused-ring (bicyclic) bond motifs is 6. The second kappa shape index (κ2) is 17.1. The van der Waals surface area contributed by atoms with Gasteiger partial charge in [0.15, 0.2) is 5.71 Å². The van der Waals surface area contributed by atoms with Gasteiger partial charge in [0, 0.05) is 70.6 Å². The summed E-state index contributed by atoms with van der Waals surface area (Å²) in [6.45, 7) is 11.0. The lowest BCUT2D eigenvalue weighted by molar-refractivity contribution is -0.438. The lowest BCUT2D eigenvalue weighted by Crippen LogP contribution is -2.28. The number of likely N-dealkylation sites (N-methyl/N-ethyl adjacent to an activating group) is 1. The van der Waals surface area contributed by atoms with Gasteiger partial charge in [0.25, 0.3) is 40.5 Å². The van der Waals surface area contributed by atoms with E-state index < -0.39 is 82.8 Å². The van der Waals surface area contributed by atoms with Gasteiger partial charge in [-0.15, -0.1) is 0 Å². The summed E-state index contributed by atoms with van der Waals surface area (Å²) < 4.78 is 141. The van der Waals surface area contributed by atoms with Gasteiger partial charge in [-0.25, -0.2) is 0 Å². The van der Waals surface area contributed by atoms with Crippen LogP contribution in [0.1, 0.15) is 78.4 Å². The number of carboxylic acid groups (broad SMARTS) is 2. The van der Waals surface area contributed by atoms with Gasteiger partial charge in [0.1, 0.15) is 16.3 Å². The Morgan fingerprint density at radius 1 is 0.698 bits per heavy atom. The predicted molar refractivity (Wildman–Crippen MR) is 230 cm³/mol. The van der Waals surface area contributed by atoms with Crippen LogP contribution in [0.3, 0.4) is 0 Å². The average molecular weight is 951 g/mol. The van der Waals surface area contributed by atoms with Crippen molar-refractivity contribution >= 4 is 91.0 Å². The van der Waals surface area contributed by atoms with Gasteiger partial charge in [-0.1, -0.05) is 26.0 Å². The lowest BCUT2D eigenvalue weighted by atomic mass is 9.78. The molecule has 0 radical (unpaired) electrons. The largest absolute Gasteiger partial charge is 0.550 e. The summed E-state index contributed by atoms with van der Waals surface area (Å²) in [4.78, 5) is 19.2. The highest BCUT2D eigenvalue weighted by Gasteiger charge is 2.46. The van der Waals surface area contributed by atoms with Crippen molar-refractivity contribution in [3.8, 4) is 0 Å². The van der Waals surface area contributed by atoms with Crippen LogP contribution < -0.4 is 10.0 Å². The van der Waals surface area contributed by atoms with Crippen molar-refractivity contribution in [3.05, 3.63) is 83.6 Å². The zero-order valence-corrected chi connectivity index (χ0v) is 38.1. The number of unbranched alkanes of at least 4 members (excludes halogenated alkanes) is 2. The predicted octanol–water partition coefficient (Wildman–Crippen LogP) is 5.02. The summed E-state index contributed by atoms with van der Waals surface area (Å²) in [5, 5.41) is 18.4. The lowest BCUT2D eigenvalue weighted by Gasteiger charge is -2.26. The molecule has 0 aliphatic carbocycles. The highest BCUT2D eigenvalue weighted by Crippen LogP contribution is 2.52. The molecule has 0 aromatic heterocycles. The number of carbonyl (C=O) groups is 2. The minimum Gasteiger partial charge on any atom is -0.550 e. The van der Waals surface area contributed by atoms with Crippen molar-refractivity contribution in [2.24, 2.45) is 0 Å². The zero-order valence-electron chi connectivity index (χ0n) is 34.8. The molecule has 0 saturated carbocycles. The van der Waals surface area contributed by atoms with E-state index in [2.05, 4.69) is 0 Å². The summed E-state index contributed by atoms with van der Waals surface area (Å²) in [5.41, 5.74) is 1.72. The molecule has 0 amide bonds. The van der Waals surface area contributed by atoms with Gasteiger partial charge < -0.3 is 19.9 Å². The molecule has 0 saturated heterocycles. The van der Waals surface area contributed by atoms with Gasteiger partial charge >= 0.3 is 5.97 Å². The van der Waals surface area contributed by atoms with E-state index in [-0.39, 0.29) is 28.0 Å². The van der Waals surface area contributed by atoms with Crippen LogP contribution in [0.4, 0.5) is 11.4 Å². The standard InChI is InChI=1S/C39H42N2O14S4.C2H4O2/c1-6-40-29-16-14-25-27(19-23(56(44,45)46)21-31(25)58(50,51)52)36(29)38(2,3)33(40)11-10-12-34-39(4,5)37-28-20-24(57(47,48)49)22-32(59(53,54)55)26(28)15-17-30(37)41(34)18-9-7-8-13-35(42)43;1-2(3)4/h10-12,14-17,19-22H,6-9,13,18H2,1-5H3,(H4-,42,43,44,45,46,47,48,49,50,51,52,53,54,55);1H3,(H,3,4). The Morgan fingerprint density at radius 2 is 1.19 bits per heavy atom. The fourth-order valence-corrected chi connectivity index (χ4v) is 11.2. The number of carboxylic acids is 2. The first-order valence-corrected chi connectivity index (χ1v) is 24.9. The molecule has 0 fully saturated rings.